The van der Waals surface area contributed by atoms with Crippen molar-refractivity contribution in [2.75, 3.05) is 27.9 Å². The lowest BCUT2D eigenvalue weighted by molar-refractivity contribution is -0.462. The Morgan fingerprint density at radius 2 is 1.54 bits per heavy atom. The van der Waals surface area contributed by atoms with Crippen LogP contribution in [0.4, 0.5) is 0 Å². The molecule has 2 saturated heterocycles. The molecule has 0 spiro atoms. The molecule has 164 valence electrons. The van der Waals surface area contributed by atoms with Gasteiger partial charge in [-0.1, -0.05) is 20.8 Å². The third kappa shape index (κ3) is 3.49. The van der Waals surface area contributed by atoms with Crippen LogP contribution in [0.25, 0.3) is 0 Å². The van der Waals surface area contributed by atoms with Crippen LogP contribution >= 0.6 is 0 Å². The molecule has 8 heteroatoms. The van der Waals surface area contributed by atoms with Crippen molar-refractivity contribution in [3.63, 3.8) is 0 Å². The van der Waals surface area contributed by atoms with Crippen molar-refractivity contribution in [1.82, 2.24) is 5.06 Å². The highest BCUT2D eigenvalue weighted by Crippen LogP contribution is 2.49. The molecule has 3 fully saturated rings. The fourth-order valence-electron chi connectivity index (χ4n) is 4.37. The molecule has 1 aliphatic carbocycles. The van der Waals surface area contributed by atoms with Gasteiger partial charge in [0.25, 0.3) is 0 Å². The highest BCUT2D eigenvalue weighted by Gasteiger charge is 2.64. The van der Waals surface area contributed by atoms with E-state index in [0.717, 1.165) is 6.42 Å². The first-order valence-corrected chi connectivity index (χ1v) is 13.2. The summed E-state index contributed by atoms with van der Waals surface area (Å²) in [6, 6.07) is 0.0974. The third-order valence-corrected chi connectivity index (χ3v) is 12.0. The van der Waals surface area contributed by atoms with Crippen LogP contribution in [0.1, 0.15) is 41.0 Å². The van der Waals surface area contributed by atoms with Crippen LogP contribution in [0.5, 0.6) is 0 Å². The van der Waals surface area contributed by atoms with Crippen LogP contribution in [0, 0.1) is 5.92 Å². The first kappa shape index (κ1) is 22.6. The fourth-order valence-corrected chi connectivity index (χ4v) is 5.71. The van der Waals surface area contributed by atoms with Gasteiger partial charge in [0, 0.05) is 27.2 Å². The molecule has 0 aromatic rings. The smallest absolute Gasteiger partial charge is 0.220 e. The SMILES string of the molecule is CO[C@@]1(C)O[C@H]2[C@H](O[C@]1(C)OC)[C@H](O[Si](C)(C)C(C)(C)C)C[C@H]1CON(C)[C@@H]12. The van der Waals surface area contributed by atoms with E-state index in [1.54, 1.807) is 14.2 Å². The van der Waals surface area contributed by atoms with Gasteiger partial charge in [0.2, 0.25) is 11.6 Å². The second kappa shape index (κ2) is 7.27. The minimum atomic E-state index is -1.99. The second-order valence-corrected chi connectivity index (χ2v) is 15.0. The van der Waals surface area contributed by atoms with E-state index in [-0.39, 0.29) is 29.4 Å². The molecule has 0 aromatic carbocycles. The Labute approximate surface area is 171 Å². The molecular weight excluding hydrogens is 378 g/mol. The summed E-state index contributed by atoms with van der Waals surface area (Å²) < 4.78 is 31.6. The Morgan fingerprint density at radius 3 is 2.04 bits per heavy atom. The molecule has 3 aliphatic rings. The maximum absolute atomic E-state index is 6.86. The first-order valence-electron chi connectivity index (χ1n) is 10.3. The van der Waals surface area contributed by atoms with Gasteiger partial charge in [0.1, 0.15) is 12.2 Å². The number of hydrogen-bond acceptors (Lipinski definition) is 7. The molecule has 0 N–H and O–H groups in total. The molecule has 1 saturated carbocycles. The van der Waals surface area contributed by atoms with E-state index >= 15 is 0 Å². The lowest BCUT2D eigenvalue weighted by Crippen LogP contribution is -2.72. The third-order valence-electron chi connectivity index (χ3n) is 7.54. The van der Waals surface area contributed by atoms with Crippen molar-refractivity contribution in [3.8, 4) is 0 Å². The predicted molar refractivity (Wildman–Crippen MR) is 108 cm³/mol. The molecule has 2 aliphatic heterocycles. The quantitative estimate of drug-likeness (QED) is 0.651. The van der Waals surface area contributed by atoms with Crippen LogP contribution in [0.3, 0.4) is 0 Å². The van der Waals surface area contributed by atoms with Crippen LogP contribution in [-0.2, 0) is 28.2 Å². The molecule has 28 heavy (non-hydrogen) atoms. The van der Waals surface area contributed by atoms with E-state index in [1.165, 1.54) is 0 Å². The van der Waals surface area contributed by atoms with Gasteiger partial charge in [-0.05, 0) is 38.4 Å². The zero-order valence-electron chi connectivity index (χ0n) is 19.2. The number of hydroxylamine groups is 2. The summed E-state index contributed by atoms with van der Waals surface area (Å²) in [5, 5.41) is 2.03. The molecule has 7 atom stereocenters. The number of methoxy groups -OCH3 is 2. The molecule has 0 amide bonds. The van der Waals surface area contributed by atoms with Crippen molar-refractivity contribution in [1.29, 1.82) is 0 Å². The van der Waals surface area contributed by atoms with Gasteiger partial charge in [-0.25, -0.2) is 0 Å². The van der Waals surface area contributed by atoms with E-state index in [9.17, 15) is 0 Å². The van der Waals surface area contributed by atoms with Crippen molar-refractivity contribution < 1.29 is 28.2 Å². The Kier molecular flexibility index (Phi) is 5.87. The number of nitrogens with zero attached hydrogens (tertiary/aromatic N) is 1. The lowest BCUT2D eigenvalue weighted by atomic mass is 9.78. The number of ether oxygens (including phenoxy) is 4. The second-order valence-electron chi connectivity index (χ2n) is 10.2. The molecule has 0 unspecified atom stereocenters. The first-order chi connectivity index (χ1) is 12.8. The summed E-state index contributed by atoms with van der Waals surface area (Å²) in [6.07, 6.45) is 0.329. The number of hydrogen-bond donors (Lipinski definition) is 0. The summed E-state index contributed by atoms with van der Waals surface area (Å²) in [5.41, 5.74) is 0. The molecule has 0 aromatic heterocycles. The molecular formula is C20H39NO6Si. The zero-order chi connectivity index (χ0) is 21.1. The Balaban J connectivity index is 1.96. The van der Waals surface area contributed by atoms with E-state index in [1.807, 2.05) is 26.0 Å². The Morgan fingerprint density at radius 1 is 1.00 bits per heavy atom. The molecule has 3 rings (SSSR count). The monoisotopic (exact) mass is 417 g/mol. The van der Waals surface area contributed by atoms with Gasteiger partial charge in [-0.3, -0.25) is 4.84 Å². The van der Waals surface area contributed by atoms with Crippen LogP contribution in [0.2, 0.25) is 18.1 Å². The Hall–Kier alpha value is -0.0631. The van der Waals surface area contributed by atoms with Crippen LogP contribution in [-0.4, -0.2) is 77.2 Å². The van der Waals surface area contributed by atoms with Gasteiger partial charge in [-0.2, -0.15) is 5.06 Å². The van der Waals surface area contributed by atoms with Gasteiger partial charge in [0.15, 0.2) is 8.32 Å². The summed E-state index contributed by atoms with van der Waals surface area (Å²) in [4.78, 5) is 5.86. The zero-order valence-corrected chi connectivity index (χ0v) is 20.2. The summed E-state index contributed by atoms with van der Waals surface area (Å²) in [5.74, 6) is -1.74. The maximum Gasteiger partial charge on any atom is 0.220 e. The van der Waals surface area contributed by atoms with Gasteiger partial charge < -0.3 is 23.4 Å². The summed E-state index contributed by atoms with van der Waals surface area (Å²) in [7, 11) is 3.23. The minimum Gasteiger partial charge on any atom is -0.411 e. The number of rotatable bonds is 4. The summed E-state index contributed by atoms with van der Waals surface area (Å²) in [6.45, 7) is 15.8. The highest BCUT2D eigenvalue weighted by atomic mass is 28.4. The van der Waals surface area contributed by atoms with Crippen molar-refractivity contribution >= 4 is 8.32 Å². The normalized spacial score (nSPS) is 45.0. The maximum atomic E-state index is 6.86. The predicted octanol–water partition coefficient (Wildman–Crippen LogP) is 3.15. The molecule has 2 heterocycles. The summed E-state index contributed by atoms with van der Waals surface area (Å²) >= 11 is 0. The lowest BCUT2D eigenvalue weighted by Gasteiger charge is -2.58. The van der Waals surface area contributed by atoms with Gasteiger partial charge >= 0.3 is 0 Å². The molecule has 0 radical (unpaired) electrons. The van der Waals surface area contributed by atoms with Crippen molar-refractivity contribution in [3.05, 3.63) is 0 Å². The largest absolute Gasteiger partial charge is 0.411 e. The van der Waals surface area contributed by atoms with E-state index in [2.05, 4.69) is 33.9 Å². The molecule has 0 bridgehead atoms. The average molecular weight is 418 g/mol. The highest BCUT2D eigenvalue weighted by molar-refractivity contribution is 6.74. The Bertz CT molecular complexity index is 584. The van der Waals surface area contributed by atoms with E-state index < -0.39 is 19.9 Å². The number of fused-ring (bicyclic) bond motifs is 3. The minimum absolute atomic E-state index is 0.0712. The topological polar surface area (TPSA) is 58.6 Å². The van der Waals surface area contributed by atoms with Crippen LogP contribution in [0.15, 0.2) is 0 Å². The number of likely N-dealkylation sites (N-methyl/N-ethyl adjacent to an activating group) is 1. The van der Waals surface area contributed by atoms with E-state index in [0.29, 0.717) is 12.5 Å². The average Bonchev–Trinajstić information content (AvgIpc) is 2.96. The van der Waals surface area contributed by atoms with Crippen molar-refractivity contribution in [2.24, 2.45) is 5.92 Å². The van der Waals surface area contributed by atoms with Gasteiger partial charge in [-0.15, -0.1) is 0 Å². The van der Waals surface area contributed by atoms with Gasteiger partial charge in [0.05, 0.1) is 18.8 Å². The molecule has 7 nitrogen and oxygen atoms in total. The fraction of sp³-hybridized carbons (Fsp3) is 1.00. The van der Waals surface area contributed by atoms with Crippen molar-refractivity contribution in [2.45, 2.75) is 95.1 Å². The van der Waals surface area contributed by atoms with E-state index in [4.69, 9.17) is 28.2 Å². The van der Waals surface area contributed by atoms with Crippen LogP contribution < -0.4 is 0 Å². The standard InChI is InChI=1S/C20H39NO6Si/c1-18(2,3)28(9,10)27-14-11-13-12-24-21(6)15(13)17-16(14)25-19(4,22-7)20(5,23-8)26-17/h13-17H,11-12H2,1-10H3/t13-,14+,15-,16+,17+,19-,20-/m0/s1.